The molecule has 258 valence electrons. The molecule has 12 heteroatoms. The van der Waals surface area contributed by atoms with Crippen LogP contribution in [0.4, 0.5) is 15.3 Å². The molecule has 3 aromatic rings. The Bertz CT molecular complexity index is 1580. The molecular weight excluding hydrogens is 630 g/mol. The van der Waals surface area contributed by atoms with E-state index in [-0.39, 0.29) is 24.4 Å². The molecule has 3 aliphatic rings. The molecule has 48 heavy (non-hydrogen) atoms. The lowest BCUT2D eigenvalue weighted by atomic mass is 9.92. The van der Waals surface area contributed by atoms with Crippen molar-refractivity contribution in [3.8, 4) is 0 Å². The van der Waals surface area contributed by atoms with Gasteiger partial charge in [0.25, 0.3) is 5.91 Å². The first-order valence-electron chi connectivity index (χ1n) is 17.6. The van der Waals surface area contributed by atoms with Crippen molar-refractivity contribution in [2.75, 3.05) is 57.7 Å². The lowest BCUT2D eigenvalue weighted by molar-refractivity contribution is -0.142. The number of likely N-dealkylation sites (tertiary alicyclic amines) is 2. The fraction of sp³-hybridized carbons (Fsp3) is 0.556. The summed E-state index contributed by atoms with van der Waals surface area (Å²) in [4.78, 5) is 48.6. The quantitative estimate of drug-likeness (QED) is 0.281. The van der Waals surface area contributed by atoms with Gasteiger partial charge in [0.1, 0.15) is 0 Å². The lowest BCUT2D eigenvalue weighted by Gasteiger charge is -2.38. The molecule has 0 aliphatic carbocycles. The zero-order chi connectivity index (χ0) is 33.6. The van der Waals surface area contributed by atoms with E-state index >= 15 is 0 Å². The molecule has 0 bridgehead atoms. The second-order valence-electron chi connectivity index (χ2n) is 13.3. The summed E-state index contributed by atoms with van der Waals surface area (Å²) in [7, 11) is 0. The average Bonchev–Trinajstić information content (AvgIpc) is 3.52. The zero-order valence-corrected chi connectivity index (χ0v) is 28.9. The number of benzene rings is 2. The van der Waals surface area contributed by atoms with Gasteiger partial charge in [-0.15, -0.1) is 0 Å². The number of aromatic amines is 1. The summed E-state index contributed by atoms with van der Waals surface area (Å²) in [6.07, 6.45) is 5.54. The number of nitrogens with zero attached hydrogens (tertiary/aromatic N) is 5. The number of rotatable bonds is 10. The highest BCUT2D eigenvalue weighted by atomic mass is 35.5. The minimum atomic E-state index is -0.974. The van der Waals surface area contributed by atoms with Crippen LogP contribution in [-0.4, -0.2) is 112 Å². The van der Waals surface area contributed by atoms with Gasteiger partial charge in [0, 0.05) is 56.3 Å². The third-order valence-electron chi connectivity index (χ3n) is 10.5. The Balaban J connectivity index is 1.09. The van der Waals surface area contributed by atoms with Crippen molar-refractivity contribution in [2.24, 2.45) is 5.92 Å². The van der Waals surface area contributed by atoms with Crippen LogP contribution in [0, 0.1) is 5.92 Å². The second-order valence-corrected chi connectivity index (χ2v) is 13.7. The van der Waals surface area contributed by atoms with Crippen molar-refractivity contribution >= 4 is 46.2 Å². The Kier molecular flexibility index (Phi) is 11.1. The monoisotopic (exact) mass is 677 g/mol. The molecule has 2 saturated heterocycles. The van der Waals surface area contributed by atoms with E-state index < -0.39 is 12.2 Å². The summed E-state index contributed by atoms with van der Waals surface area (Å²) in [6.45, 7) is 10.4. The highest BCUT2D eigenvalue weighted by molar-refractivity contribution is 6.35. The first kappa shape index (κ1) is 34.0. The fourth-order valence-corrected chi connectivity index (χ4v) is 7.72. The van der Waals surface area contributed by atoms with Crippen LogP contribution in [0.3, 0.4) is 0 Å². The van der Waals surface area contributed by atoms with Crippen molar-refractivity contribution in [2.45, 2.75) is 70.9 Å². The minimum absolute atomic E-state index is 0.0210. The number of nitrogens with one attached hydrogen (secondary N) is 2. The highest BCUT2D eigenvalue weighted by Gasteiger charge is 2.35. The van der Waals surface area contributed by atoms with Crippen molar-refractivity contribution in [1.82, 2.24) is 29.8 Å². The van der Waals surface area contributed by atoms with Gasteiger partial charge in [-0.2, -0.15) is 5.10 Å². The van der Waals surface area contributed by atoms with Crippen molar-refractivity contribution in [3.05, 3.63) is 58.7 Å². The molecule has 0 spiro atoms. The highest BCUT2D eigenvalue weighted by Crippen LogP contribution is 2.28. The number of carbonyl (C=O) groups is 3. The van der Waals surface area contributed by atoms with E-state index in [0.717, 1.165) is 73.0 Å². The number of fused-ring (bicyclic) bond motifs is 2. The van der Waals surface area contributed by atoms with Crippen LogP contribution in [0.25, 0.3) is 10.9 Å². The third kappa shape index (κ3) is 7.89. The Morgan fingerprint density at radius 1 is 1.02 bits per heavy atom. The van der Waals surface area contributed by atoms with Crippen LogP contribution in [0.1, 0.15) is 57.1 Å². The summed E-state index contributed by atoms with van der Waals surface area (Å²) in [5, 5.41) is 11.4. The van der Waals surface area contributed by atoms with Gasteiger partial charge in [-0.25, -0.2) is 9.59 Å². The summed E-state index contributed by atoms with van der Waals surface area (Å²) in [6, 6.07) is 11.6. The number of halogens is 1. The van der Waals surface area contributed by atoms with Crippen LogP contribution in [0.2, 0.25) is 5.02 Å². The molecule has 0 saturated carbocycles. The van der Waals surface area contributed by atoms with Crippen molar-refractivity contribution < 1.29 is 19.1 Å². The van der Waals surface area contributed by atoms with Crippen LogP contribution >= 0.6 is 11.6 Å². The molecule has 3 aliphatic heterocycles. The molecule has 11 nitrogen and oxygen atoms in total. The number of ether oxygens (including phenoxy) is 1. The summed E-state index contributed by atoms with van der Waals surface area (Å²) < 4.78 is 6.07. The standard InChI is InChI=1S/C36H48ClN7O4/c1-3-41(4-2)15-9-25-10-16-42(17-11-25)34(45)32(23-26-21-28-24-38-40-33(28)30(37)22-26)48-36(47)43-18-13-29(14-19-43)44-20-12-27-7-5-6-8-31(27)39-35(44)46/h5-8,21-22,24-25,29,32H,3-4,9-20,23H2,1-2H3,(H,38,40)(H,39,46). The normalized spacial score (nSPS) is 18.5. The summed E-state index contributed by atoms with van der Waals surface area (Å²) in [5.74, 6) is 0.421. The number of carbonyl (C=O) groups excluding carboxylic acids is 3. The number of hydrogen-bond donors (Lipinski definition) is 2. The van der Waals surface area contributed by atoms with Crippen LogP contribution < -0.4 is 5.32 Å². The van der Waals surface area contributed by atoms with Crippen LogP contribution in [0.15, 0.2) is 42.6 Å². The maximum absolute atomic E-state index is 14.0. The van der Waals surface area contributed by atoms with Crippen molar-refractivity contribution in [3.63, 3.8) is 0 Å². The smallest absolute Gasteiger partial charge is 0.410 e. The van der Waals surface area contributed by atoms with E-state index in [4.69, 9.17) is 16.3 Å². The number of anilines is 1. The van der Waals surface area contributed by atoms with Gasteiger partial charge in [-0.3, -0.25) is 9.89 Å². The van der Waals surface area contributed by atoms with Gasteiger partial charge in [-0.05, 0) is 93.4 Å². The van der Waals surface area contributed by atoms with Gasteiger partial charge in [0.2, 0.25) is 0 Å². The third-order valence-corrected chi connectivity index (χ3v) is 10.8. The fourth-order valence-electron chi connectivity index (χ4n) is 7.43. The summed E-state index contributed by atoms with van der Waals surface area (Å²) in [5.41, 5.74) is 3.53. The first-order valence-corrected chi connectivity index (χ1v) is 17.9. The zero-order valence-electron chi connectivity index (χ0n) is 28.1. The molecule has 1 atom stereocenters. The lowest BCUT2D eigenvalue weighted by Crippen LogP contribution is -2.51. The van der Waals surface area contributed by atoms with E-state index in [1.807, 2.05) is 46.2 Å². The van der Waals surface area contributed by atoms with E-state index in [1.54, 1.807) is 11.1 Å². The number of H-pyrrole nitrogens is 1. The Morgan fingerprint density at radius 3 is 2.50 bits per heavy atom. The molecule has 4 amide bonds. The number of urea groups is 1. The molecule has 1 unspecified atom stereocenters. The van der Waals surface area contributed by atoms with Gasteiger partial charge < -0.3 is 29.7 Å². The molecule has 0 radical (unpaired) electrons. The number of para-hydroxylation sites is 1. The van der Waals surface area contributed by atoms with Crippen LogP contribution in [-0.2, 0) is 22.4 Å². The molecule has 2 N–H and O–H groups in total. The van der Waals surface area contributed by atoms with Gasteiger partial charge in [-0.1, -0.05) is 43.6 Å². The molecule has 6 rings (SSSR count). The number of amides is 4. The van der Waals surface area contributed by atoms with Crippen molar-refractivity contribution in [1.29, 1.82) is 0 Å². The topological polar surface area (TPSA) is 114 Å². The number of hydrogen-bond acceptors (Lipinski definition) is 6. The van der Waals surface area contributed by atoms with E-state index in [2.05, 4.69) is 34.3 Å². The average molecular weight is 678 g/mol. The molecule has 2 aromatic carbocycles. The van der Waals surface area contributed by atoms with Gasteiger partial charge in [0.05, 0.1) is 16.7 Å². The number of aromatic nitrogens is 2. The Morgan fingerprint density at radius 2 is 1.75 bits per heavy atom. The van der Waals surface area contributed by atoms with Crippen LogP contribution in [0.5, 0.6) is 0 Å². The second kappa shape index (κ2) is 15.6. The van der Waals surface area contributed by atoms with E-state index in [1.165, 1.54) is 0 Å². The SMILES string of the molecule is CCN(CC)CCC1CCN(C(=O)C(Cc2cc(Cl)c3[nH]ncc3c2)OC(=O)N2CCC(N3CCc4ccccc4NC3=O)CC2)CC1. The maximum Gasteiger partial charge on any atom is 0.410 e. The number of piperidine rings is 2. The Labute approximate surface area is 287 Å². The minimum Gasteiger partial charge on any atom is -0.436 e. The maximum atomic E-state index is 14.0. The molecule has 4 heterocycles. The molecule has 2 fully saturated rings. The molecular formula is C36H48ClN7O4. The largest absolute Gasteiger partial charge is 0.436 e. The Hall–Kier alpha value is -3.83. The van der Waals surface area contributed by atoms with Gasteiger partial charge >= 0.3 is 12.1 Å². The van der Waals surface area contributed by atoms with E-state index in [9.17, 15) is 14.4 Å². The summed E-state index contributed by atoms with van der Waals surface area (Å²) >= 11 is 6.54. The van der Waals surface area contributed by atoms with E-state index in [0.29, 0.717) is 56.5 Å². The predicted molar refractivity (Wildman–Crippen MR) is 187 cm³/mol. The van der Waals surface area contributed by atoms with Gasteiger partial charge in [0.15, 0.2) is 6.10 Å². The predicted octanol–water partition coefficient (Wildman–Crippen LogP) is 5.79. The first-order chi connectivity index (χ1) is 23.3. The molecule has 1 aromatic heterocycles.